The lowest BCUT2D eigenvalue weighted by Gasteiger charge is -2.46. The highest BCUT2D eigenvalue weighted by molar-refractivity contribution is 5.89. The van der Waals surface area contributed by atoms with Gasteiger partial charge in [-0.05, 0) is 68.9 Å². The first-order valence-electron chi connectivity index (χ1n) is 9.58. The van der Waals surface area contributed by atoms with Crippen molar-refractivity contribution in [3.05, 3.63) is 30.1 Å². The van der Waals surface area contributed by atoms with Crippen LogP contribution < -0.4 is 4.90 Å². The quantitative estimate of drug-likeness (QED) is 0.789. The largest absolute Gasteiger partial charge is 0.393 e. The van der Waals surface area contributed by atoms with E-state index in [9.17, 15) is 13.2 Å². The highest BCUT2D eigenvalue weighted by Crippen LogP contribution is 2.42. The zero-order valence-corrected chi connectivity index (χ0v) is 15.6. The molecule has 2 fully saturated rings. The Hall–Kier alpha value is -1.89. The third kappa shape index (κ3) is 4.03. The van der Waals surface area contributed by atoms with Crippen molar-refractivity contribution in [2.75, 3.05) is 38.1 Å². The molecule has 0 aliphatic carbocycles. The second-order valence-corrected chi connectivity index (χ2v) is 8.13. The van der Waals surface area contributed by atoms with Gasteiger partial charge in [0.1, 0.15) is 12.1 Å². The zero-order chi connectivity index (χ0) is 19.1. The number of likely N-dealkylation sites (tertiary alicyclic amines) is 1. The fourth-order valence-electron chi connectivity index (χ4n) is 4.47. The molecule has 2 aliphatic rings. The lowest BCUT2D eigenvalue weighted by molar-refractivity contribution is -0.127. The van der Waals surface area contributed by atoms with Gasteiger partial charge in [-0.15, -0.1) is 0 Å². The molecule has 1 aromatic carbocycles. The summed E-state index contributed by atoms with van der Waals surface area (Å²) in [6.07, 6.45) is 1.09. The molecule has 2 aromatic rings. The van der Waals surface area contributed by atoms with Crippen molar-refractivity contribution in [2.24, 2.45) is 5.41 Å². The summed E-state index contributed by atoms with van der Waals surface area (Å²) in [6.45, 7) is 4.10. The molecule has 0 bridgehead atoms. The zero-order valence-electron chi connectivity index (χ0n) is 15.6. The summed E-state index contributed by atoms with van der Waals surface area (Å²) in [5.41, 5.74) is 1.38. The van der Waals surface area contributed by atoms with Crippen molar-refractivity contribution in [2.45, 2.75) is 38.3 Å². The number of rotatable bonds is 2. The van der Waals surface area contributed by atoms with Gasteiger partial charge in [0.05, 0.1) is 11.9 Å². The van der Waals surface area contributed by atoms with Crippen molar-refractivity contribution < 1.29 is 13.2 Å². The molecule has 1 aromatic heterocycles. The van der Waals surface area contributed by atoms with E-state index in [1.54, 1.807) is 12.1 Å². The van der Waals surface area contributed by atoms with Crippen molar-refractivity contribution in [1.82, 2.24) is 14.9 Å². The number of fused-ring (bicyclic) bond motifs is 1. The summed E-state index contributed by atoms with van der Waals surface area (Å²) in [7, 11) is 2.17. The standard InChI is InChI=1S/C20H25F3N4/c1-26-8-4-19(5-9-26)6-10-27(11-7-19)18-16-12-15(13-20(21,22)23)2-3-17(16)24-14-25-18/h2-3,12,14H,4-11,13H2,1H3. The Kier molecular flexibility index (Phi) is 4.74. The average molecular weight is 378 g/mol. The topological polar surface area (TPSA) is 32.3 Å². The number of hydrogen-bond donors (Lipinski definition) is 0. The molecule has 0 amide bonds. The first-order valence-corrected chi connectivity index (χ1v) is 9.58. The SMILES string of the molecule is CN1CCC2(CC1)CCN(c1ncnc3ccc(CC(F)(F)F)cc13)CC2. The average Bonchev–Trinajstić information content (AvgIpc) is 2.63. The summed E-state index contributed by atoms with van der Waals surface area (Å²) >= 11 is 0. The molecular formula is C20H25F3N4. The fourth-order valence-corrected chi connectivity index (χ4v) is 4.47. The van der Waals surface area contributed by atoms with Gasteiger partial charge in [-0.2, -0.15) is 13.2 Å². The molecule has 0 radical (unpaired) electrons. The fraction of sp³-hybridized carbons (Fsp3) is 0.600. The Balaban J connectivity index is 1.56. The lowest BCUT2D eigenvalue weighted by Crippen LogP contribution is -2.46. The predicted octanol–water partition coefficient (Wildman–Crippen LogP) is 4.05. The Morgan fingerprint density at radius 1 is 1.00 bits per heavy atom. The minimum Gasteiger partial charge on any atom is -0.356 e. The summed E-state index contributed by atoms with van der Waals surface area (Å²) < 4.78 is 38.3. The predicted molar refractivity (Wildman–Crippen MR) is 99.9 cm³/mol. The molecule has 27 heavy (non-hydrogen) atoms. The van der Waals surface area contributed by atoms with E-state index in [0.29, 0.717) is 10.9 Å². The van der Waals surface area contributed by atoms with Crippen LogP contribution >= 0.6 is 0 Å². The number of anilines is 1. The second kappa shape index (κ2) is 6.93. The number of halogens is 3. The lowest BCUT2D eigenvalue weighted by atomic mass is 9.71. The van der Waals surface area contributed by atoms with Crippen molar-refractivity contribution in [3.8, 4) is 0 Å². The maximum atomic E-state index is 12.8. The molecule has 7 heteroatoms. The van der Waals surface area contributed by atoms with Crippen LogP contribution in [-0.2, 0) is 6.42 Å². The van der Waals surface area contributed by atoms with Gasteiger partial charge in [0, 0.05) is 18.5 Å². The Labute approximate surface area is 157 Å². The van der Waals surface area contributed by atoms with Crippen LogP contribution in [0.2, 0.25) is 0 Å². The molecule has 4 rings (SSSR count). The van der Waals surface area contributed by atoms with Gasteiger partial charge in [-0.1, -0.05) is 6.07 Å². The van der Waals surface area contributed by atoms with E-state index >= 15 is 0 Å². The molecule has 0 unspecified atom stereocenters. The molecule has 2 saturated heterocycles. The van der Waals surface area contributed by atoms with Gasteiger partial charge in [-0.3, -0.25) is 0 Å². The summed E-state index contributed by atoms with van der Waals surface area (Å²) in [5.74, 6) is 0.770. The number of benzene rings is 1. The van der Waals surface area contributed by atoms with Crippen LogP contribution in [0.5, 0.6) is 0 Å². The first-order chi connectivity index (χ1) is 12.8. The molecule has 0 N–H and O–H groups in total. The number of alkyl halides is 3. The van der Waals surface area contributed by atoms with Crippen LogP contribution in [-0.4, -0.2) is 54.3 Å². The smallest absolute Gasteiger partial charge is 0.356 e. The van der Waals surface area contributed by atoms with E-state index in [-0.39, 0.29) is 5.56 Å². The van der Waals surface area contributed by atoms with E-state index in [4.69, 9.17) is 0 Å². The van der Waals surface area contributed by atoms with E-state index in [1.165, 1.54) is 25.2 Å². The third-order valence-corrected chi connectivity index (χ3v) is 6.25. The van der Waals surface area contributed by atoms with Gasteiger partial charge in [0.2, 0.25) is 0 Å². The Bertz CT molecular complexity index is 802. The molecule has 4 nitrogen and oxygen atoms in total. The summed E-state index contributed by atoms with van der Waals surface area (Å²) in [4.78, 5) is 13.3. The molecule has 3 heterocycles. The number of aromatic nitrogens is 2. The summed E-state index contributed by atoms with van der Waals surface area (Å²) in [5, 5.41) is 0.721. The Morgan fingerprint density at radius 3 is 2.33 bits per heavy atom. The van der Waals surface area contributed by atoms with Crippen molar-refractivity contribution in [3.63, 3.8) is 0 Å². The monoisotopic (exact) mass is 378 g/mol. The molecular weight excluding hydrogens is 353 g/mol. The molecule has 0 atom stereocenters. The minimum atomic E-state index is -4.21. The van der Waals surface area contributed by atoms with Crippen LogP contribution in [0, 0.1) is 5.41 Å². The molecule has 1 spiro atoms. The maximum absolute atomic E-state index is 12.8. The normalized spacial score (nSPS) is 21.1. The minimum absolute atomic E-state index is 0.259. The number of hydrogen-bond acceptors (Lipinski definition) is 4. The maximum Gasteiger partial charge on any atom is 0.393 e. The highest BCUT2D eigenvalue weighted by atomic mass is 19.4. The van der Waals surface area contributed by atoms with E-state index in [1.807, 2.05) is 0 Å². The number of piperidine rings is 2. The van der Waals surface area contributed by atoms with Gasteiger partial charge in [-0.25, -0.2) is 9.97 Å². The Morgan fingerprint density at radius 2 is 1.67 bits per heavy atom. The van der Waals surface area contributed by atoms with Gasteiger partial charge in [0.15, 0.2) is 0 Å². The van der Waals surface area contributed by atoms with Crippen LogP contribution in [0.4, 0.5) is 19.0 Å². The van der Waals surface area contributed by atoms with Gasteiger partial charge in [0.25, 0.3) is 0 Å². The van der Waals surface area contributed by atoms with Crippen LogP contribution in [0.3, 0.4) is 0 Å². The number of nitrogens with zero attached hydrogens (tertiary/aromatic N) is 4. The molecule has 0 saturated carbocycles. The van der Waals surface area contributed by atoms with E-state index < -0.39 is 12.6 Å². The van der Waals surface area contributed by atoms with E-state index in [0.717, 1.165) is 50.2 Å². The van der Waals surface area contributed by atoms with Gasteiger partial charge < -0.3 is 9.80 Å². The third-order valence-electron chi connectivity index (χ3n) is 6.25. The van der Waals surface area contributed by atoms with Crippen molar-refractivity contribution in [1.29, 1.82) is 0 Å². The van der Waals surface area contributed by atoms with E-state index in [2.05, 4.69) is 26.8 Å². The molecule has 146 valence electrons. The first kappa shape index (κ1) is 18.5. The summed E-state index contributed by atoms with van der Waals surface area (Å²) in [6, 6.07) is 4.79. The highest BCUT2D eigenvalue weighted by Gasteiger charge is 2.37. The van der Waals surface area contributed by atoms with Crippen LogP contribution in [0.1, 0.15) is 31.2 Å². The molecule has 2 aliphatic heterocycles. The van der Waals surface area contributed by atoms with Crippen molar-refractivity contribution >= 4 is 16.7 Å². The van der Waals surface area contributed by atoms with Gasteiger partial charge >= 0.3 is 6.18 Å². The van der Waals surface area contributed by atoms with Crippen LogP contribution in [0.25, 0.3) is 10.9 Å². The second-order valence-electron chi connectivity index (χ2n) is 8.13. The van der Waals surface area contributed by atoms with Crippen LogP contribution in [0.15, 0.2) is 24.5 Å².